The zero-order valence-corrected chi connectivity index (χ0v) is 12.9. The van der Waals surface area contributed by atoms with Crippen molar-refractivity contribution in [2.45, 2.75) is 17.4 Å². The maximum Gasteiger partial charge on any atom is 0.124 e. The second kappa shape index (κ2) is 7.32. The first-order valence-electron chi connectivity index (χ1n) is 6.05. The van der Waals surface area contributed by atoms with E-state index >= 15 is 0 Å². The molecule has 0 heterocycles. The predicted octanol–water partition coefficient (Wildman–Crippen LogP) is 4.83. The Labute approximate surface area is 131 Å². The molecule has 106 valence electrons. The SMILES string of the molecule is OC(CSc1ccccc1Cl)Cc1ccc(F)cc1Cl. The number of aliphatic hydroxyl groups excluding tert-OH is 1. The Balaban J connectivity index is 1.92. The first-order valence-corrected chi connectivity index (χ1v) is 7.79. The van der Waals surface area contributed by atoms with Crippen molar-refractivity contribution in [3.8, 4) is 0 Å². The van der Waals surface area contributed by atoms with E-state index in [2.05, 4.69) is 0 Å². The van der Waals surface area contributed by atoms with E-state index in [1.807, 2.05) is 24.3 Å². The Kier molecular flexibility index (Phi) is 5.73. The van der Waals surface area contributed by atoms with Crippen LogP contribution in [0.1, 0.15) is 5.56 Å². The summed E-state index contributed by atoms with van der Waals surface area (Å²) >= 11 is 13.5. The first kappa shape index (κ1) is 15.6. The van der Waals surface area contributed by atoms with Gasteiger partial charge in [-0.25, -0.2) is 4.39 Å². The molecule has 0 aliphatic carbocycles. The van der Waals surface area contributed by atoms with Gasteiger partial charge in [-0.1, -0.05) is 41.4 Å². The average Bonchev–Trinajstić information content (AvgIpc) is 2.41. The van der Waals surface area contributed by atoms with Gasteiger partial charge in [0.05, 0.1) is 11.1 Å². The molecule has 0 aromatic heterocycles. The van der Waals surface area contributed by atoms with Crippen LogP contribution in [-0.4, -0.2) is 17.0 Å². The highest BCUT2D eigenvalue weighted by Gasteiger charge is 2.11. The molecule has 0 bridgehead atoms. The molecule has 1 atom stereocenters. The lowest BCUT2D eigenvalue weighted by Gasteiger charge is -2.12. The van der Waals surface area contributed by atoms with E-state index in [4.69, 9.17) is 23.2 Å². The van der Waals surface area contributed by atoms with Crippen LogP contribution in [0.5, 0.6) is 0 Å². The number of hydrogen-bond acceptors (Lipinski definition) is 2. The Morgan fingerprint density at radius 3 is 2.55 bits per heavy atom. The van der Waals surface area contributed by atoms with E-state index < -0.39 is 6.10 Å². The fourth-order valence-electron chi connectivity index (χ4n) is 1.75. The van der Waals surface area contributed by atoms with Crippen molar-refractivity contribution < 1.29 is 9.50 Å². The minimum atomic E-state index is -0.570. The van der Waals surface area contributed by atoms with Gasteiger partial charge in [-0.3, -0.25) is 0 Å². The molecule has 0 fully saturated rings. The van der Waals surface area contributed by atoms with Crippen molar-refractivity contribution in [2.24, 2.45) is 0 Å². The van der Waals surface area contributed by atoms with Crippen LogP contribution in [0.4, 0.5) is 4.39 Å². The van der Waals surface area contributed by atoms with Crippen molar-refractivity contribution in [3.63, 3.8) is 0 Å². The standard InChI is InChI=1S/C15H13Cl2FOS/c16-13-3-1-2-4-15(13)20-9-12(19)7-10-5-6-11(18)8-14(10)17/h1-6,8,12,19H,7,9H2. The van der Waals surface area contributed by atoms with Crippen molar-refractivity contribution in [2.75, 3.05) is 5.75 Å². The van der Waals surface area contributed by atoms with Crippen LogP contribution in [0.25, 0.3) is 0 Å². The topological polar surface area (TPSA) is 20.2 Å². The summed E-state index contributed by atoms with van der Waals surface area (Å²) < 4.78 is 12.9. The summed E-state index contributed by atoms with van der Waals surface area (Å²) in [5.41, 5.74) is 0.736. The van der Waals surface area contributed by atoms with E-state index in [-0.39, 0.29) is 5.82 Å². The minimum Gasteiger partial charge on any atom is -0.392 e. The van der Waals surface area contributed by atoms with Crippen molar-refractivity contribution >= 4 is 35.0 Å². The Bertz CT molecular complexity index is 592. The highest BCUT2D eigenvalue weighted by Crippen LogP contribution is 2.28. The van der Waals surface area contributed by atoms with Gasteiger partial charge in [-0.2, -0.15) is 0 Å². The van der Waals surface area contributed by atoms with E-state index in [1.165, 1.54) is 23.9 Å². The Hall–Kier alpha value is -0.740. The monoisotopic (exact) mass is 330 g/mol. The van der Waals surface area contributed by atoms with Crippen LogP contribution in [0, 0.1) is 5.82 Å². The highest BCUT2D eigenvalue weighted by molar-refractivity contribution is 7.99. The summed E-state index contributed by atoms with van der Waals surface area (Å²) in [4.78, 5) is 0.929. The lowest BCUT2D eigenvalue weighted by molar-refractivity contribution is 0.200. The van der Waals surface area contributed by atoms with Gasteiger partial charge in [-0.15, -0.1) is 11.8 Å². The van der Waals surface area contributed by atoms with E-state index in [0.29, 0.717) is 22.2 Å². The van der Waals surface area contributed by atoms with Gasteiger partial charge in [0.1, 0.15) is 5.82 Å². The molecule has 0 spiro atoms. The van der Waals surface area contributed by atoms with Gasteiger partial charge in [0.15, 0.2) is 0 Å². The molecule has 2 rings (SSSR count). The normalized spacial score (nSPS) is 12.4. The highest BCUT2D eigenvalue weighted by atomic mass is 35.5. The van der Waals surface area contributed by atoms with Gasteiger partial charge in [0.25, 0.3) is 0 Å². The molecule has 0 aliphatic heterocycles. The molecule has 2 aromatic rings. The van der Waals surface area contributed by atoms with Crippen molar-refractivity contribution in [1.29, 1.82) is 0 Å². The number of halogens is 3. The molecule has 1 N–H and O–H groups in total. The number of aliphatic hydroxyl groups is 1. The summed E-state index contributed by atoms with van der Waals surface area (Å²) in [5.74, 6) is 0.121. The summed E-state index contributed by atoms with van der Waals surface area (Å²) in [5, 5.41) is 11.0. The predicted molar refractivity (Wildman–Crippen MR) is 83.3 cm³/mol. The third-order valence-electron chi connectivity index (χ3n) is 2.74. The number of hydrogen-bond donors (Lipinski definition) is 1. The molecule has 1 nitrogen and oxygen atoms in total. The van der Waals surface area contributed by atoms with E-state index in [1.54, 1.807) is 6.07 Å². The lowest BCUT2D eigenvalue weighted by atomic mass is 10.1. The van der Waals surface area contributed by atoms with Crippen LogP contribution >= 0.6 is 35.0 Å². The Morgan fingerprint density at radius 1 is 1.10 bits per heavy atom. The van der Waals surface area contributed by atoms with Crippen LogP contribution < -0.4 is 0 Å². The smallest absolute Gasteiger partial charge is 0.124 e. The molecular weight excluding hydrogens is 318 g/mol. The zero-order valence-electron chi connectivity index (χ0n) is 10.5. The number of thioether (sulfide) groups is 1. The van der Waals surface area contributed by atoms with Gasteiger partial charge in [-0.05, 0) is 29.8 Å². The summed E-state index contributed by atoms with van der Waals surface area (Å²) in [6.45, 7) is 0. The van der Waals surface area contributed by atoms with Crippen molar-refractivity contribution in [3.05, 3.63) is 63.9 Å². The molecular formula is C15H13Cl2FOS. The van der Waals surface area contributed by atoms with Crippen LogP contribution in [0.15, 0.2) is 47.4 Å². The summed E-state index contributed by atoms with van der Waals surface area (Å²) in [7, 11) is 0. The third kappa shape index (κ3) is 4.38. The van der Waals surface area contributed by atoms with Crippen LogP contribution in [0.2, 0.25) is 10.0 Å². The Morgan fingerprint density at radius 2 is 1.85 bits per heavy atom. The quantitative estimate of drug-likeness (QED) is 0.792. The van der Waals surface area contributed by atoms with Crippen LogP contribution in [0.3, 0.4) is 0 Å². The average molecular weight is 331 g/mol. The molecule has 0 aliphatic rings. The van der Waals surface area contributed by atoms with E-state index in [0.717, 1.165) is 10.5 Å². The van der Waals surface area contributed by atoms with Crippen molar-refractivity contribution in [1.82, 2.24) is 0 Å². The first-order chi connectivity index (χ1) is 9.56. The van der Waals surface area contributed by atoms with Gasteiger partial charge >= 0.3 is 0 Å². The van der Waals surface area contributed by atoms with Crippen LogP contribution in [-0.2, 0) is 6.42 Å². The van der Waals surface area contributed by atoms with Gasteiger partial charge < -0.3 is 5.11 Å². The fraction of sp³-hybridized carbons (Fsp3) is 0.200. The maximum atomic E-state index is 12.9. The molecule has 20 heavy (non-hydrogen) atoms. The zero-order chi connectivity index (χ0) is 14.5. The fourth-order valence-corrected chi connectivity index (χ4v) is 3.16. The number of rotatable bonds is 5. The molecule has 0 radical (unpaired) electrons. The molecule has 1 unspecified atom stereocenters. The molecule has 0 saturated heterocycles. The van der Waals surface area contributed by atoms with E-state index in [9.17, 15) is 9.50 Å². The lowest BCUT2D eigenvalue weighted by Crippen LogP contribution is -2.13. The molecule has 0 amide bonds. The maximum absolute atomic E-state index is 12.9. The number of benzene rings is 2. The second-order valence-electron chi connectivity index (χ2n) is 4.34. The summed E-state index contributed by atoms with van der Waals surface area (Å²) in [6, 6.07) is 11.7. The van der Waals surface area contributed by atoms with Gasteiger partial charge in [0, 0.05) is 22.1 Å². The largest absolute Gasteiger partial charge is 0.392 e. The summed E-state index contributed by atoms with van der Waals surface area (Å²) in [6.07, 6.45) is -0.185. The van der Waals surface area contributed by atoms with Gasteiger partial charge in [0.2, 0.25) is 0 Å². The molecule has 0 saturated carbocycles. The molecule has 5 heteroatoms. The minimum absolute atomic E-state index is 0.340. The molecule has 2 aromatic carbocycles. The second-order valence-corrected chi connectivity index (χ2v) is 6.21. The third-order valence-corrected chi connectivity index (χ3v) is 4.75.